The van der Waals surface area contributed by atoms with Gasteiger partial charge in [-0.2, -0.15) is 0 Å². The first-order valence-electron chi connectivity index (χ1n) is 11.1. The van der Waals surface area contributed by atoms with Crippen LogP contribution in [0.25, 0.3) is 0 Å². The lowest BCUT2D eigenvalue weighted by atomic mass is 9.84. The SMILES string of the molecule is O=C(NC1CCC1)c1cccc(Cl)c1NC1(Cc2cccc(Cl)c2)C(=O)Nc2cc(Cl)ccc21. The molecule has 0 spiro atoms. The number of para-hydroxylation sites is 1. The molecule has 2 amide bonds. The number of hydrogen-bond donors (Lipinski definition) is 3. The summed E-state index contributed by atoms with van der Waals surface area (Å²) in [6, 6.07) is 17.9. The van der Waals surface area contributed by atoms with Crippen molar-refractivity contribution in [2.45, 2.75) is 37.3 Å². The highest BCUT2D eigenvalue weighted by atomic mass is 35.5. The van der Waals surface area contributed by atoms with Crippen LogP contribution in [0, 0.1) is 0 Å². The summed E-state index contributed by atoms with van der Waals surface area (Å²) in [5.41, 5.74) is 1.74. The first-order chi connectivity index (χ1) is 16.4. The van der Waals surface area contributed by atoms with E-state index in [-0.39, 0.29) is 24.3 Å². The van der Waals surface area contributed by atoms with Crippen LogP contribution >= 0.6 is 34.8 Å². The fourth-order valence-electron chi connectivity index (χ4n) is 4.51. The number of benzene rings is 3. The molecule has 2 aliphatic rings. The van der Waals surface area contributed by atoms with Crippen molar-refractivity contribution < 1.29 is 9.59 Å². The Kier molecular flexibility index (Phi) is 6.19. The van der Waals surface area contributed by atoms with E-state index in [0.29, 0.717) is 37.6 Å². The Labute approximate surface area is 212 Å². The minimum atomic E-state index is -1.24. The maximum Gasteiger partial charge on any atom is 0.255 e. The van der Waals surface area contributed by atoms with E-state index < -0.39 is 5.54 Å². The van der Waals surface area contributed by atoms with Gasteiger partial charge in [0.05, 0.1) is 16.3 Å². The highest BCUT2D eigenvalue weighted by Crippen LogP contribution is 2.44. The quantitative estimate of drug-likeness (QED) is 0.355. The summed E-state index contributed by atoms with van der Waals surface area (Å²) in [7, 11) is 0. The van der Waals surface area contributed by atoms with Gasteiger partial charge in [-0.25, -0.2) is 0 Å². The summed E-state index contributed by atoms with van der Waals surface area (Å²) >= 11 is 19.1. The van der Waals surface area contributed by atoms with Crippen molar-refractivity contribution in [3.8, 4) is 0 Å². The van der Waals surface area contributed by atoms with Crippen molar-refractivity contribution in [2.75, 3.05) is 10.6 Å². The minimum absolute atomic E-state index is 0.164. The Bertz CT molecular complexity index is 1290. The number of fused-ring (bicyclic) bond motifs is 1. The topological polar surface area (TPSA) is 70.2 Å². The molecular weight excluding hydrogens is 493 g/mol. The summed E-state index contributed by atoms with van der Waals surface area (Å²) in [5, 5.41) is 10.8. The first-order valence-corrected chi connectivity index (χ1v) is 12.2. The van der Waals surface area contributed by atoms with E-state index >= 15 is 0 Å². The molecule has 0 saturated heterocycles. The zero-order valence-electron chi connectivity index (χ0n) is 18.1. The van der Waals surface area contributed by atoms with E-state index in [2.05, 4.69) is 16.0 Å². The number of anilines is 2. The van der Waals surface area contributed by atoms with Crippen LogP contribution in [0.5, 0.6) is 0 Å². The van der Waals surface area contributed by atoms with Crippen LogP contribution < -0.4 is 16.0 Å². The molecule has 5 nitrogen and oxygen atoms in total. The van der Waals surface area contributed by atoms with Crippen LogP contribution in [0.15, 0.2) is 60.7 Å². The molecule has 1 atom stereocenters. The second kappa shape index (κ2) is 9.14. The molecule has 174 valence electrons. The molecule has 0 aromatic heterocycles. The molecule has 1 unspecified atom stereocenters. The maximum atomic E-state index is 13.6. The van der Waals surface area contributed by atoms with Gasteiger partial charge in [0.1, 0.15) is 5.54 Å². The predicted octanol–water partition coefficient (Wildman–Crippen LogP) is 6.43. The Morgan fingerprint density at radius 3 is 2.50 bits per heavy atom. The summed E-state index contributed by atoms with van der Waals surface area (Å²) in [6.07, 6.45) is 3.31. The number of nitrogens with one attached hydrogen (secondary N) is 3. The molecule has 3 N–H and O–H groups in total. The van der Waals surface area contributed by atoms with Crippen LogP contribution in [0.4, 0.5) is 11.4 Å². The van der Waals surface area contributed by atoms with Gasteiger partial charge >= 0.3 is 0 Å². The zero-order chi connectivity index (χ0) is 23.9. The van der Waals surface area contributed by atoms with Gasteiger partial charge < -0.3 is 16.0 Å². The Morgan fingerprint density at radius 2 is 1.76 bits per heavy atom. The van der Waals surface area contributed by atoms with Crippen molar-refractivity contribution in [1.82, 2.24) is 5.32 Å². The minimum Gasteiger partial charge on any atom is -0.365 e. The third-order valence-corrected chi connectivity index (χ3v) is 7.26. The monoisotopic (exact) mass is 513 g/mol. The first kappa shape index (κ1) is 23.0. The van der Waals surface area contributed by atoms with Crippen molar-refractivity contribution in [3.63, 3.8) is 0 Å². The van der Waals surface area contributed by atoms with Gasteiger partial charge in [-0.1, -0.05) is 59.1 Å². The lowest BCUT2D eigenvalue weighted by Gasteiger charge is -2.32. The molecule has 34 heavy (non-hydrogen) atoms. The van der Waals surface area contributed by atoms with Crippen LogP contribution in [-0.4, -0.2) is 17.9 Å². The second-order valence-electron chi connectivity index (χ2n) is 8.74. The highest BCUT2D eigenvalue weighted by molar-refractivity contribution is 6.34. The van der Waals surface area contributed by atoms with Gasteiger partial charge in [0.15, 0.2) is 0 Å². The molecule has 1 fully saturated rings. The fraction of sp³-hybridized carbons (Fsp3) is 0.231. The average molecular weight is 515 g/mol. The van der Waals surface area contributed by atoms with E-state index in [4.69, 9.17) is 34.8 Å². The maximum absolute atomic E-state index is 13.6. The Balaban J connectivity index is 1.61. The fourth-order valence-corrected chi connectivity index (χ4v) is 5.12. The molecule has 5 rings (SSSR count). The number of rotatable bonds is 6. The van der Waals surface area contributed by atoms with Crippen LogP contribution in [0.2, 0.25) is 15.1 Å². The molecule has 1 heterocycles. The van der Waals surface area contributed by atoms with Gasteiger partial charge in [-0.3, -0.25) is 9.59 Å². The van der Waals surface area contributed by atoms with Gasteiger partial charge in [0, 0.05) is 33.8 Å². The van der Waals surface area contributed by atoms with Crippen molar-refractivity contribution >= 4 is 58.0 Å². The molecule has 3 aromatic rings. The number of amides is 2. The summed E-state index contributed by atoms with van der Waals surface area (Å²) in [6.45, 7) is 0. The van der Waals surface area contributed by atoms with Crippen molar-refractivity contribution in [2.24, 2.45) is 0 Å². The predicted molar refractivity (Wildman–Crippen MR) is 137 cm³/mol. The molecule has 0 radical (unpaired) electrons. The lowest BCUT2D eigenvalue weighted by Crippen LogP contribution is -2.45. The van der Waals surface area contributed by atoms with Crippen LogP contribution in [-0.2, 0) is 16.8 Å². The van der Waals surface area contributed by atoms with Gasteiger partial charge in [0.2, 0.25) is 0 Å². The molecule has 0 bridgehead atoms. The third-order valence-electron chi connectivity index (χ3n) is 6.47. The van der Waals surface area contributed by atoms with Gasteiger partial charge in [0.25, 0.3) is 11.8 Å². The van der Waals surface area contributed by atoms with Crippen LogP contribution in [0.3, 0.4) is 0 Å². The number of hydrogen-bond acceptors (Lipinski definition) is 3. The van der Waals surface area contributed by atoms with Crippen molar-refractivity contribution in [3.05, 3.63) is 92.4 Å². The van der Waals surface area contributed by atoms with Crippen molar-refractivity contribution in [1.29, 1.82) is 0 Å². The number of halogens is 3. The Morgan fingerprint density at radius 1 is 1.00 bits per heavy atom. The smallest absolute Gasteiger partial charge is 0.255 e. The molecule has 1 saturated carbocycles. The average Bonchev–Trinajstić information content (AvgIpc) is 3.02. The molecule has 1 aliphatic heterocycles. The standard InChI is InChI=1S/C26H22Cl3N3O2/c27-16-5-1-4-15(12-16)14-26(20-11-10-17(28)13-22(20)31-25(26)34)32-23-19(8-3-9-21(23)29)24(33)30-18-6-2-7-18/h1,3-5,8-13,18,32H,2,6-7,14H2,(H,30,33)(H,31,34). The normalized spacial score (nSPS) is 19.2. The van der Waals surface area contributed by atoms with E-state index in [1.165, 1.54) is 0 Å². The van der Waals surface area contributed by atoms with E-state index in [1.807, 2.05) is 24.3 Å². The highest BCUT2D eigenvalue weighted by Gasteiger charge is 2.48. The molecule has 3 aromatic carbocycles. The Hall–Kier alpha value is -2.73. The molecule has 8 heteroatoms. The zero-order valence-corrected chi connectivity index (χ0v) is 20.4. The van der Waals surface area contributed by atoms with E-state index in [9.17, 15) is 9.59 Å². The molecular formula is C26H22Cl3N3O2. The molecule has 1 aliphatic carbocycles. The largest absolute Gasteiger partial charge is 0.365 e. The summed E-state index contributed by atoms with van der Waals surface area (Å²) < 4.78 is 0. The number of carbonyl (C=O) groups excluding carboxylic acids is 2. The van der Waals surface area contributed by atoms with Crippen LogP contribution in [0.1, 0.15) is 40.7 Å². The van der Waals surface area contributed by atoms with Gasteiger partial charge in [-0.15, -0.1) is 0 Å². The summed E-state index contributed by atoms with van der Waals surface area (Å²) in [5.74, 6) is -0.489. The second-order valence-corrected chi connectivity index (χ2v) is 10.0. The van der Waals surface area contributed by atoms with E-state index in [1.54, 1.807) is 36.4 Å². The van der Waals surface area contributed by atoms with E-state index in [0.717, 1.165) is 24.8 Å². The van der Waals surface area contributed by atoms with Gasteiger partial charge in [-0.05, 0) is 61.2 Å². The third kappa shape index (κ3) is 4.24. The number of carbonyl (C=O) groups is 2. The summed E-state index contributed by atoms with van der Waals surface area (Å²) in [4.78, 5) is 26.7. The lowest BCUT2D eigenvalue weighted by molar-refractivity contribution is -0.119.